The summed E-state index contributed by atoms with van der Waals surface area (Å²) in [6.45, 7) is 3.51. The van der Waals surface area contributed by atoms with E-state index in [1.165, 1.54) is 0 Å². The Hall–Kier alpha value is -2.74. The third-order valence-corrected chi connectivity index (χ3v) is 5.97. The van der Waals surface area contributed by atoms with Crippen LogP contribution in [0.1, 0.15) is 23.2 Å². The SMILES string of the molecule is Cc1nc(-c2cccnc2)[nH]c(=O)c1CC(=O)N(CCCN(C)C)Cc1ccc(Cl)c(Cl)c1. The molecular weight excluding hydrogens is 461 g/mol. The van der Waals surface area contributed by atoms with Gasteiger partial charge in [0.25, 0.3) is 5.56 Å². The molecule has 7 nitrogen and oxygen atoms in total. The zero-order valence-corrected chi connectivity index (χ0v) is 20.5. The highest BCUT2D eigenvalue weighted by Crippen LogP contribution is 2.23. The third kappa shape index (κ3) is 6.87. The number of carbonyl (C=O) groups is 1. The van der Waals surface area contributed by atoms with Gasteiger partial charge in [-0.15, -0.1) is 0 Å². The van der Waals surface area contributed by atoms with Crippen LogP contribution in [0.2, 0.25) is 10.0 Å². The van der Waals surface area contributed by atoms with E-state index in [1.54, 1.807) is 42.4 Å². The van der Waals surface area contributed by atoms with Crippen molar-refractivity contribution in [1.29, 1.82) is 0 Å². The Balaban J connectivity index is 1.81. The molecule has 0 fully saturated rings. The molecule has 1 aromatic carbocycles. The summed E-state index contributed by atoms with van der Waals surface area (Å²) < 4.78 is 0. The van der Waals surface area contributed by atoms with Crippen LogP contribution in [-0.4, -0.2) is 57.8 Å². The van der Waals surface area contributed by atoms with Crippen molar-refractivity contribution in [2.75, 3.05) is 27.2 Å². The first-order valence-electron chi connectivity index (χ1n) is 10.6. The molecule has 0 unspecified atom stereocenters. The fraction of sp³-hybridized carbons (Fsp3) is 0.333. The molecule has 0 saturated heterocycles. The van der Waals surface area contributed by atoms with E-state index in [-0.39, 0.29) is 17.9 Å². The van der Waals surface area contributed by atoms with Crippen LogP contribution in [0.3, 0.4) is 0 Å². The second-order valence-corrected chi connectivity index (χ2v) is 8.93. The number of rotatable bonds is 9. The molecule has 9 heteroatoms. The van der Waals surface area contributed by atoms with Gasteiger partial charge < -0.3 is 14.8 Å². The number of aromatic nitrogens is 3. The number of halogens is 2. The Labute approximate surface area is 203 Å². The number of carbonyl (C=O) groups excluding carboxylic acids is 1. The molecule has 33 heavy (non-hydrogen) atoms. The lowest BCUT2D eigenvalue weighted by molar-refractivity contribution is -0.131. The number of amides is 1. The van der Waals surface area contributed by atoms with Crippen LogP contribution >= 0.6 is 23.2 Å². The van der Waals surface area contributed by atoms with Gasteiger partial charge in [0.15, 0.2) is 0 Å². The number of nitrogens with zero attached hydrogens (tertiary/aromatic N) is 4. The van der Waals surface area contributed by atoms with Crippen molar-refractivity contribution in [3.05, 3.63) is 79.9 Å². The van der Waals surface area contributed by atoms with Gasteiger partial charge in [0.05, 0.1) is 16.5 Å². The summed E-state index contributed by atoms with van der Waals surface area (Å²) in [5.41, 5.74) is 2.14. The van der Waals surface area contributed by atoms with E-state index < -0.39 is 0 Å². The molecule has 0 spiro atoms. The smallest absolute Gasteiger partial charge is 0.255 e. The lowest BCUT2D eigenvalue weighted by Crippen LogP contribution is -2.35. The Morgan fingerprint density at radius 1 is 1.12 bits per heavy atom. The van der Waals surface area contributed by atoms with Crippen LogP contribution in [-0.2, 0) is 17.8 Å². The van der Waals surface area contributed by atoms with Crippen molar-refractivity contribution in [3.63, 3.8) is 0 Å². The molecule has 0 saturated carbocycles. The van der Waals surface area contributed by atoms with Gasteiger partial charge >= 0.3 is 0 Å². The molecule has 1 N–H and O–H groups in total. The second-order valence-electron chi connectivity index (χ2n) is 8.12. The highest BCUT2D eigenvalue weighted by molar-refractivity contribution is 6.42. The first kappa shape index (κ1) is 24.9. The molecule has 0 aliphatic carbocycles. The van der Waals surface area contributed by atoms with Crippen molar-refractivity contribution in [1.82, 2.24) is 24.8 Å². The largest absolute Gasteiger partial charge is 0.338 e. The molecule has 2 aromatic heterocycles. The molecule has 1 amide bonds. The van der Waals surface area contributed by atoms with E-state index in [1.807, 2.05) is 26.2 Å². The summed E-state index contributed by atoms with van der Waals surface area (Å²) in [5.74, 6) is 0.282. The number of H-pyrrole nitrogens is 1. The van der Waals surface area contributed by atoms with E-state index in [0.717, 1.165) is 18.5 Å². The number of aryl methyl sites for hydroxylation is 1. The maximum absolute atomic E-state index is 13.3. The number of hydrogen-bond acceptors (Lipinski definition) is 5. The first-order valence-corrected chi connectivity index (χ1v) is 11.4. The number of aromatic amines is 1. The van der Waals surface area contributed by atoms with E-state index in [0.29, 0.717) is 45.8 Å². The van der Waals surface area contributed by atoms with Gasteiger partial charge in [0.1, 0.15) is 5.82 Å². The quantitative estimate of drug-likeness (QED) is 0.493. The Kier molecular flexibility index (Phi) is 8.61. The molecular formula is C24H27Cl2N5O2. The fourth-order valence-electron chi connectivity index (χ4n) is 3.45. The predicted octanol–water partition coefficient (Wildman–Crippen LogP) is 3.97. The molecule has 0 atom stereocenters. The monoisotopic (exact) mass is 487 g/mol. The first-order chi connectivity index (χ1) is 15.7. The van der Waals surface area contributed by atoms with Crippen molar-refractivity contribution in [2.45, 2.75) is 26.3 Å². The summed E-state index contributed by atoms with van der Waals surface area (Å²) >= 11 is 12.2. The zero-order chi connectivity index (χ0) is 24.0. The number of benzene rings is 1. The van der Waals surface area contributed by atoms with Crippen LogP contribution < -0.4 is 5.56 Å². The molecule has 3 aromatic rings. The normalized spacial score (nSPS) is 11.1. The van der Waals surface area contributed by atoms with E-state index >= 15 is 0 Å². The van der Waals surface area contributed by atoms with Crippen molar-refractivity contribution in [2.24, 2.45) is 0 Å². The fourth-order valence-corrected chi connectivity index (χ4v) is 3.77. The number of pyridine rings is 1. The second kappa shape index (κ2) is 11.4. The topological polar surface area (TPSA) is 82.2 Å². The Bertz CT molecular complexity index is 1170. The van der Waals surface area contributed by atoms with Crippen LogP contribution in [0, 0.1) is 6.92 Å². The van der Waals surface area contributed by atoms with Gasteiger partial charge in [0, 0.05) is 42.3 Å². The predicted molar refractivity (Wildman–Crippen MR) is 132 cm³/mol. The minimum Gasteiger partial charge on any atom is -0.338 e. The molecule has 0 aliphatic heterocycles. The van der Waals surface area contributed by atoms with Crippen LogP contribution in [0.5, 0.6) is 0 Å². The summed E-state index contributed by atoms with van der Waals surface area (Å²) in [7, 11) is 3.98. The van der Waals surface area contributed by atoms with E-state index in [4.69, 9.17) is 23.2 Å². The third-order valence-electron chi connectivity index (χ3n) is 5.23. The molecule has 0 bridgehead atoms. The van der Waals surface area contributed by atoms with Gasteiger partial charge in [-0.2, -0.15) is 0 Å². The van der Waals surface area contributed by atoms with Crippen LogP contribution in [0.4, 0.5) is 0 Å². The Morgan fingerprint density at radius 3 is 2.55 bits per heavy atom. The van der Waals surface area contributed by atoms with Crippen molar-refractivity contribution in [3.8, 4) is 11.4 Å². The molecule has 0 radical (unpaired) electrons. The molecule has 174 valence electrons. The highest BCUT2D eigenvalue weighted by Gasteiger charge is 2.19. The van der Waals surface area contributed by atoms with Gasteiger partial charge in [-0.3, -0.25) is 14.6 Å². The molecule has 2 heterocycles. The number of hydrogen-bond donors (Lipinski definition) is 1. The average Bonchev–Trinajstić information content (AvgIpc) is 2.78. The minimum atomic E-state index is -0.322. The lowest BCUT2D eigenvalue weighted by Gasteiger charge is -2.24. The summed E-state index contributed by atoms with van der Waals surface area (Å²) in [4.78, 5) is 41.2. The average molecular weight is 488 g/mol. The maximum atomic E-state index is 13.3. The van der Waals surface area contributed by atoms with E-state index in [9.17, 15) is 9.59 Å². The van der Waals surface area contributed by atoms with Crippen LogP contribution in [0.25, 0.3) is 11.4 Å². The van der Waals surface area contributed by atoms with Crippen molar-refractivity contribution >= 4 is 29.1 Å². The highest BCUT2D eigenvalue weighted by atomic mass is 35.5. The summed E-state index contributed by atoms with van der Waals surface area (Å²) in [6.07, 6.45) is 4.05. The summed E-state index contributed by atoms with van der Waals surface area (Å²) in [5, 5.41) is 0.908. The van der Waals surface area contributed by atoms with Gasteiger partial charge in [-0.05, 0) is 63.8 Å². The zero-order valence-electron chi connectivity index (χ0n) is 18.9. The number of nitrogens with one attached hydrogen (secondary N) is 1. The lowest BCUT2D eigenvalue weighted by atomic mass is 10.1. The Morgan fingerprint density at radius 2 is 1.91 bits per heavy atom. The van der Waals surface area contributed by atoms with Gasteiger partial charge in [0.2, 0.25) is 5.91 Å². The van der Waals surface area contributed by atoms with Crippen molar-refractivity contribution < 1.29 is 4.79 Å². The minimum absolute atomic E-state index is 0.0369. The maximum Gasteiger partial charge on any atom is 0.255 e. The standard InChI is InChI=1S/C24H27Cl2N5O2/c1-16-19(24(33)29-23(28-16)18-6-4-9-27-14-18)13-22(32)31(11-5-10-30(2)3)15-17-7-8-20(25)21(26)12-17/h4,6-9,12,14H,5,10-11,13,15H2,1-3H3,(H,28,29,33). The van der Waals surface area contributed by atoms with E-state index in [2.05, 4.69) is 19.9 Å². The molecule has 3 rings (SSSR count). The van der Waals surface area contributed by atoms with Gasteiger partial charge in [-0.25, -0.2) is 4.98 Å². The van der Waals surface area contributed by atoms with Gasteiger partial charge in [-0.1, -0.05) is 29.3 Å². The van der Waals surface area contributed by atoms with Crippen LogP contribution in [0.15, 0.2) is 47.5 Å². The molecule has 0 aliphatic rings. The summed E-state index contributed by atoms with van der Waals surface area (Å²) in [6, 6.07) is 8.93.